The van der Waals surface area contributed by atoms with Crippen LogP contribution in [0.5, 0.6) is 5.75 Å². The Morgan fingerprint density at radius 3 is 2.53 bits per heavy atom. The van der Waals surface area contributed by atoms with E-state index in [-0.39, 0.29) is 16.9 Å². The zero-order chi connectivity index (χ0) is 21.9. The van der Waals surface area contributed by atoms with Crippen LogP contribution in [0.2, 0.25) is 0 Å². The van der Waals surface area contributed by atoms with Crippen molar-refractivity contribution in [2.45, 2.75) is 33.1 Å². The molecule has 2 amide bonds. The van der Waals surface area contributed by atoms with Gasteiger partial charge in [0.2, 0.25) is 0 Å². The predicted octanol–water partition coefficient (Wildman–Crippen LogP) is 4.89. The van der Waals surface area contributed by atoms with Gasteiger partial charge in [-0.3, -0.25) is 14.9 Å². The highest BCUT2D eigenvalue weighted by Crippen LogP contribution is 2.26. The third-order valence-electron chi connectivity index (χ3n) is 4.13. The molecule has 0 fully saturated rings. The molecule has 0 spiro atoms. The van der Waals surface area contributed by atoms with Crippen LogP contribution in [0.1, 0.15) is 53.8 Å². The standard InChI is InChI=1S/C22H26BrN3O3S/c1-3-5-13-29-19-11-10-15(14-17(19)23)20(27)26-22(30)25-18-9-7-6-8-16(18)21(28)24-12-4-2/h6-11,14H,3-5,12-13H2,1-2H3,(H,24,28)(H2,25,26,27,30). The van der Waals surface area contributed by atoms with E-state index >= 15 is 0 Å². The lowest BCUT2D eigenvalue weighted by molar-refractivity contribution is 0.0952. The first-order chi connectivity index (χ1) is 14.5. The van der Waals surface area contributed by atoms with Gasteiger partial charge < -0.3 is 15.4 Å². The second kappa shape index (κ2) is 12.3. The van der Waals surface area contributed by atoms with Gasteiger partial charge in [-0.15, -0.1) is 0 Å². The number of unbranched alkanes of at least 4 members (excludes halogenated alkanes) is 1. The summed E-state index contributed by atoms with van der Waals surface area (Å²) in [6.07, 6.45) is 2.85. The van der Waals surface area contributed by atoms with Gasteiger partial charge in [0.25, 0.3) is 11.8 Å². The van der Waals surface area contributed by atoms with E-state index < -0.39 is 0 Å². The molecule has 160 valence electrons. The van der Waals surface area contributed by atoms with E-state index in [2.05, 4.69) is 38.8 Å². The van der Waals surface area contributed by atoms with E-state index in [4.69, 9.17) is 17.0 Å². The first-order valence-electron chi connectivity index (χ1n) is 9.88. The summed E-state index contributed by atoms with van der Waals surface area (Å²) in [6, 6.07) is 12.1. The van der Waals surface area contributed by atoms with E-state index in [1.165, 1.54) is 0 Å². The second-order valence-corrected chi connectivity index (χ2v) is 7.82. The van der Waals surface area contributed by atoms with Crippen LogP contribution in [-0.4, -0.2) is 30.1 Å². The molecule has 0 aliphatic rings. The quantitative estimate of drug-likeness (QED) is 0.343. The van der Waals surface area contributed by atoms with Gasteiger partial charge in [-0.2, -0.15) is 0 Å². The van der Waals surface area contributed by atoms with Crippen molar-refractivity contribution in [2.75, 3.05) is 18.5 Å². The molecule has 0 bridgehead atoms. The number of hydrogen-bond acceptors (Lipinski definition) is 4. The average molecular weight is 492 g/mol. The fraction of sp³-hybridized carbons (Fsp3) is 0.318. The second-order valence-electron chi connectivity index (χ2n) is 6.56. The SMILES string of the molecule is CCCCOc1ccc(C(=O)NC(=S)Nc2ccccc2C(=O)NCCC)cc1Br. The first kappa shape index (κ1) is 23.8. The summed E-state index contributed by atoms with van der Waals surface area (Å²) in [4.78, 5) is 24.9. The van der Waals surface area contributed by atoms with Crippen LogP contribution in [-0.2, 0) is 0 Å². The smallest absolute Gasteiger partial charge is 0.257 e. The molecule has 0 heterocycles. The number of halogens is 1. The third kappa shape index (κ3) is 7.11. The minimum Gasteiger partial charge on any atom is -0.492 e. The molecule has 2 aromatic rings. The molecule has 0 aromatic heterocycles. The number of anilines is 1. The van der Waals surface area contributed by atoms with Crippen LogP contribution >= 0.6 is 28.1 Å². The number of nitrogens with one attached hydrogen (secondary N) is 3. The van der Waals surface area contributed by atoms with E-state index in [0.29, 0.717) is 40.2 Å². The number of rotatable bonds is 9. The van der Waals surface area contributed by atoms with Crippen molar-refractivity contribution in [3.8, 4) is 5.75 Å². The van der Waals surface area contributed by atoms with Gasteiger partial charge in [0, 0.05) is 12.1 Å². The molecule has 0 unspecified atom stereocenters. The lowest BCUT2D eigenvalue weighted by atomic mass is 10.1. The Labute approximate surface area is 190 Å². The molecular weight excluding hydrogens is 466 g/mol. The molecule has 0 atom stereocenters. The molecule has 0 aliphatic heterocycles. The zero-order valence-electron chi connectivity index (χ0n) is 17.1. The lowest BCUT2D eigenvalue weighted by Crippen LogP contribution is -2.35. The number of amides is 2. The third-order valence-corrected chi connectivity index (χ3v) is 4.96. The summed E-state index contributed by atoms with van der Waals surface area (Å²) in [5, 5.41) is 8.51. The molecular formula is C22H26BrN3O3S. The van der Waals surface area contributed by atoms with Gasteiger partial charge >= 0.3 is 0 Å². The summed E-state index contributed by atoms with van der Waals surface area (Å²) in [5.74, 6) is 0.130. The Bertz CT molecular complexity index is 905. The maximum absolute atomic E-state index is 12.5. The van der Waals surface area contributed by atoms with Crippen LogP contribution in [0.25, 0.3) is 0 Å². The van der Waals surface area contributed by atoms with E-state index in [1.807, 2.05) is 6.92 Å². The van der Waals surface area contributed by atoms with Crippen LogP contribution in [0, 0.1) is 0 Å². The Morgan fingerprint density at radius 1 is 1.07 bits per heavy atom. The fourth-order valence-corrected chi connectivity index (χ4v) is 3.23. The van der Waals surface area contributed by atoms with E-state index in [9.17, 15) is 9.59 Å². The number of benzene rings is 2. The fourth-order valence-electron chi connectivity index (χ4n) is 2.54. The number of thiocarbonyl (C=S) groups is 1. The maximum atomic E-state index is 12.5. The van der Waals surface area contributed by atoms with Crippen molar-refractivity contribution in [3.05, 3.63) is 58.1 Å². The van der Waals surface area contributed by atoms with Crippen molar-refractivity contribution >= 4 is 50.8 Å². The van der Waals surface area contributed by atoms with Crippen LogP contribution in [0.15, 0.2) is 46.9 Å². The van der Waals surface area contributed by atoms with Gasteiger partial charge in [0.15, 0.2) is 5.11 Å². The van der Waals surface area contributed by atoms with Crippen LogP contribution < -0.4 is 20.7 Å². The Morgan fingerprint density at radius 2 is 1.83 bits per heavy atom. The van der Waals surface area contributed by atoms with Gasteiger partial charge in [-0.1, -0.05) is 32.4 Å². The molecule has 0 aliphatic carbocycles. The Hall–Kier alpha value is -2.45. The van der Waals surface area contributed by atoms with Crippen LogP contribution in [0.3, 0.4) is 0 Å². The summed E-state index contributed by atoms with van der Waals surface area (Å²) in [7, 11) is 0. The van der Waals surface area contributed by atoms with E-state index in [0.717, 1.165) is 19.3 Å². The lowest BCUT2D eigenvalue weighted by Gasteiger charge is -2.14. The molecule has 30 heavy (non-hydrogen) atoms. The highest BCUT2D eigenvalue weighted by atomic mass is 79.9. The van der Waals surface area contributed by atoms with Gasteiger partial charge in [0.05, 0.1) is 22.3 Å². The number of para-hydroxylation sites is 1. The number of ether oxygens (including phenoxy) is 1. The number of hydrogen-bond donors (Lipinski definition) is 3. The maximum Gasteiger partial charge on any atom is 0.257 e. The molecule has 2 rings (SSSR count). The molecule has 3 N–H and O–H groups in total. The van der Waals surface area contributed by atoms with Gasteiger partial charge in [-0.25, -0.2) is 0 Å². The number of carbonyl (C=O) groups is 2. The van der Waals surface area contributed by atoms with E-state index in [1.54, 1.807) is 42.5 Å². The summed E-state index contributed by atoms with van der Waals surface area (Å²) in [5.41, 5.74) is 1.42. The Balaban J connectivity index is 2.01. The monoisotopic (exact) mass is 491 g/mol. The topological polar surface area (TPSA) is 79.5 Å². The van der Waals surface area contributed by atoms with Crippen molar-refractivity contribution in [3.63, 3.8) is 0 Å². The molecule has 0 radical (unpaired) electrons. The molecule has 2 aromatic carbocycles. The van der Waals surface area contributed by atoms with Gasteiger partial charge in [0.1, 0.15) is 5.75 Å². The average Bonchev–Trinajstić information content (AvgIpc) is 2.73. The van der Waals surface area contributed by atoms with Crippen molar-refractivity contribution < 1.29 is 14.3 Å². The number of carbonyl (C=O) groups excluding carboxylic acids is 2. The molecule has 0 saturated carbocycles. The summed E-state index contributed by atoms with van der Waals surface area (Å²) in [6.45, 7) is 5.29. The summed E-state index contributed by atoms with van der Waals surface area (Å²) < 4.78 is 6.38. The largest absolute Gasteiger partial charge is 0.492 e. The Kier molecular flexibility index (Phi) is 9.76. The molecule has 8 heteroatoms. The summed E-state index contributed by atoms with van der Waals surface area (Å²) >= 11 is 8.70. The zero-order valence-corrected chi connectivity index (χ0v) is 19.5. The van der Waals surface area contributed by atoms with Crippen molar-refractivity contribution in [2.24, 2.45) is 0 Å². The molecule has 0 saturated heterocycles. The minimum absolute atomic E-state index is 0.107. The van der Waals surface area contributed by atoms with Gasteiger partial charge in [-0.05, 0) is 71.3 Å². The first-order valence-corrected chi connectivity index (χ1v) is 11.1. The van der Waals surface area contributed by atoms with Crippen molar-refractivity contribution in [1.82, 2.24) is 10.6 Å². The van der Waals surface area contributed by atoms with Crippen molar-refractivity contribution in [1.29, 1.82) is 0 Å². The van der Waals surface area contributed by atoms with Crippen LogP contribution in [0.4, 0.5) is 5.69 Å². The highest BCUT2D eigenvalue weighted by Gasteiger charge is 2.14. The minimum atomic E-state index is -0.360. The highest BCUT2D eigenvalue weighted by molar-refractivity contribution is 9.10. The molecule has 6 nitrogen and oxygen atoms in total. The predicted molar refractivity (Wildman–Crippen MR) is 127 cm³/mol. The normalized spacial score (nSPS) is 10.2.